The van der Waals surface area contributed by atoms with Crippen LogP contribution in [0.15, 0.2) is 12.1 Å². The molecule has 0 radical (unpaired) electrons. The van der Waals surface area contributed by atoms with Crippen molar-refractivity contribution in [3.8, 4) is 5.75 Å². The SMILES string of the molecule is COc1cc(N)c(Cl)cc1C(=O)N[C@@H]1CCN(CCC(C)C(=O)N2CCCCC2)C[C@@H]1OC. The smallest absolute Gasteiger partial charge is 0.255 e. The number of nitrogens with one attached hydrogen (secondary N) is 1. The van der Waals surface area contributed by atoms with Crippen molar-refractivity contribution in [3.63, 3.8) is 0 Å². The van der Waals surface area contributed by atoms with Gasteiger partial charge in [0.25, 0.3) is 5.91 Å². The largest absolute Gasteiger partial charge is 0.496 e. The molecule has 0 spiro atoms. The number of carbonyl (C=O) groups excluding carboxylic acids is 2. The number of piperidine rings is 2. The van der Waals surface area contributed by atoms with Crippen LogP contribution in [-0.2, 0) is 9.53 Å². The molecule has 2 fully saturated rings. The van der Waals surface area contributed by atoms with Crippen LogP contribution in [0.2, 0.25) is 5.02 Å². The van der Waals surface area contributed by atoms with E-state index in [2.05, 4.69) is 10.2 Å². The molecule has 0 saturated carbocycles. The molecule has 2 amide bonds. The normalized spacial score (nSPS) is 22.6. The highest BCUT2D eigenvalue weighted by Gasteiger charge is 2.32. The lowest BCUT2D eigenvalue weighted by molar-refractivity contribution is -0.136. The first-order valence-corrected chi connectivity index (χ1v) is 12.2. The van der Waals surface area contributed by atoms with E-state index in [1.807, 2.05) is 11.8 Å². The van der Waals surface area contributed by atoms with E-state index < -0.39 is 0 Å². The minimum Gasteiger partial charge on any atom is -0.496 e. The van der Waals surface area contributed by atoms with E-state index in [1.54, 1.807) is 13.2 Å². The van der Waals surface area contributed by atoms with Crippen LogP contribution in [0.25, 0.3) is 0 Å². The lowest BCUT2D eigenvalue weighted by Gasteiger charge is -2.38. The highest BCUT2D eigenvalue weighted by atomic mass is 35.5. The molecular weight excluding hydrogens is 444 g/mol. The van der Waals surface area contributed by atoms with Crippen LogP contribution in [0.3, 0.4) is 0 Å². The van der Waals surface area contributed by atoms with Gasteiger partial charge in [-0.3, -0.25) is 9.59 Å². The Morgan fingerprint density at radius 1 is 1.21 bits per heavy atom. The summed E-state index contributed by atoms with van der Waals surface area (Å²) < 4.78 is 11.0. The summed E-state index contributed by atoms with van der Waals surface area (Å²) in [5.74, 6) is 0.406. The second-order valence-corrected chi connectivity index (χ2v) is 9.50. The lowest BCUT2D eigenvalue weighted by Crippen LogP contribution is -2.55. The number of likely N-dealkylation sites (tertiary alicyclic amines) is 2. The first-order valence-electron chi connectivity index (χ1n) is 11.8. The van der Waals surface area contributed by atoms with Crippen LogP contribution >= 0.6 is 11.6 Å². The van der Waals surface area contributed by atoms with Gasteiger partial charge in [0.2, 0.25) is 5.91 Å². The van der Waals surface area contributed by atoms with Gasteiger partial charge in [-0.25, -0.2) is 0 Å². The number of nitrogens with two attached hydrogens (primary N) is 1. The maximum atomic E-state index is 12.9. The van der Waals surface area contributed by atoms with Crippen molar-refractivity contribution in [1.29, 1.82) is 0 Å². The third-order valence-corrected chi connectivity index (χ3v) is 7.12. The number of methoxy groups -OCH3 is 2. The van der Waals surface area contributed by atoms with Gasteiger partial charge in [-0.1, -0.05) is 18.5 Å². The maximum absolute atomic E-state index is 12.9. The summed E-state index contributed by atoms with van der Waals surface area (Å²) in [7, 11) is 3.16. The topological polar surface area (TPSA) is 97.1 Å². The molecule has 33 heavy (non-hydrogen) atoms. The molecule has 3 atom stereocenters. The van der Waals surface area contributed by atoms with Gasteiger partial charge >= 0.3 is 0 Å². The molecule has 9 heteroatoms. The van der Waals surface area contributed by atoms with Crippen LogP contribution in [0, 0.1) is 5.92 Å². The van der Waals surface area contributed by atoms with Crippen molar-refractivity contribution in [2.75, 3.05) is 52.7 Å². The Labute approximate surface area is 201 Å². The van der Waals surface area contributed by atoms with Gasteiger partial charge in [-0.15, -0.1) is 0 Å². The summed E-state index contributed by atoms with van der Waals surface area (Å²) in [4.78, 5) is 30.0. The zero-order chi connectivity index (χ0) is 24.0. The average Bonchev–Trinajstić information content (AvgIpc) is 2.84. The number of amides is 2. The Morgan fingerprint density at radius 2 is 1.94 bits per heavy atom. The van der Waals surface area contributed by atoms with Crippen molar-refractivity contribution in [1.82, 2.24) is 15.1 Å². The molecule has 184 valence electrons. The number of carbonyl (C=O) groups is 2. The van der Waals surface area contributed by atoms with E-state index in [0.29, 0.717) is 28.6 Å². The van der Waals surface area contributed by atoms with Crippen LogP contribution < -0.4 is 15.8 Å². The van der Waals surface area contributed by atoms with E-state index in [1.165, 1.54) is 19.6 Å². The monoisotopic (exact) mass is 480 g/mol. The quantitative estimate of drug-likeness (QED) is 0.555. The highest BCUT2D eigenvalue weighted by molar-refractivity contribution is 6.33. The van der Waals surface area contributed by atoms with Gasteiger partial charge in [0.1, 0.15) is 5.75 Å². The van der Waals surface area contributed by atoms with E-state index >= 15 is 0 Å². The van der Waals surface area contributed by atoms with Crippen molar-refractivity contribution >= 4 is 29.1 Å². The highest BCUT2D eigenvalue weighted by Crippen LogP contribution is 2.29. The van der Waals surface area contributed by atoms with E-state index in [0.717, 1.165) is 51.9 Å². The van der Waals surface area contributed by atoms with Crippen molar-refractivity contribution in [2.24, 2.45) is 5.92 Å². The summed E-state index contributed by atoms with van der Waals surface area (Å²) >= 11 is 6.12. The van der Waals surface area contributed by atoms with Crippen molar-refractivity contribution in [2.45, 2.75) is 51.2 Å². The minimum atomic E-state index is -0.269. The molecule has 8 nitrogen and oxygen atoms in total. The predicted octanol–water partition coefficient (Wildman–Crippen LogP) is 2.79. The van der Waals surface area contributed by atoms with E-state index in [9.17, 15) is 9.59 Å². The summed E-state index contributed by atoms with van der Waals surface area (Å²) in [5.41, 5.74) is 6.53. The number of benzene rings is 1. The molecule has 2 heterocycles. The standard InChI is InChI=1S/C24H37ClN4O4/c1-16(24(31)29-9-5-4-6-10-29)7-11-28-12-8-20(22(15-28)33-3)27-23(30)17-13-18(25)19(26)14-21(17)32-2/h13-14,16,20,22H,4-12,15,26H2,1-3H3,(H,27,30)/t16?,20-,22+/m1/s1. The van der Waals surface area contributed by atoms with Gasteiger partial charge in [-0.05, 0) is 44.7 Å². The number of hydrogen-bond acceptors (Lipinski definition) is 6. The van der Waals surface area contributed by atoms with Gasteiger partial charge in [-0.2, -0.15) is 0 Å². The zero-order valence-corrected chi connectivity index (χ0v) is 20.7. The Balaban J connectivity index is 1.52. The first kappa shape index (κ1) is 25.6. The molecule has 2 aliphatic heterocycles. The maximum Gasteiger partial charge on any atom is 0.255 e. The number of hydrogen-bond donors (Lipinski definition) is 2. The van der Waals surface area contributed by atoms with Crippen molar-refractivity contribution < 1.29 is 19.1 Å². The fourth-order valence-electron chi connectivity index (χ4n) is 4.67. The fourth-order valence-corrected chi connectivity index (χ4v) is 4.84. The number of nitrogen functional groups attached to an aromatic ring is 1. The summed E-state index contributed by atoms with van der Waals surface area (Å²) in [5, 5.41) is 3.39. The predicted molar refractivity (Wildman–Crippen MR) is 130 cm³/mol. The molecule has 3 rings (SSSR count). The number of halogens is 1. The fraction of sp³-hybridized carbons (Fsp3) is 0.667. The zero-order valence-electron chi connectivity index (χ0n) is 19.9. The van der Waals surface area contributed by atoms with Gasteiger partial charge in [0, 0.05) is 45.3 Å². The number of rotatable bonds is 8. The number of ether oxygens (including phenoxy) is 2. The molecule has 1 aromatic rings. The second kappa shape index (κ2) is 11.9. The number of anilines is 1. The van der Waals surface area contributed by atoms with Gasteiger partial charge in [0.15, 0.2) is 0 Å². The molecule has 0 aliphatic carbocycles. The molecule has 1 aromatic carbocycles. The molecule has 1 unspecified atom stereocenters. The van der Waals surface area contributed by atoms with Gasteiger partial charge in [0.05, 0.1) is 35.5 Å². The Bertz CT molecular complexity index is 831. The Hall–Kier alpha value is -2.03. The molecule has 3 N–H and O–H groups in total. The van der Waals surface area contributed by atoms with Crippen LogP contribution in [0.4, 0.5) is 5.69 Å². The average molecular weight is 481 g/mol. The Kier molecular flexibility index (Phi) is 9.23. The molecule has 0 bridgehead atoms. The van der Waals surface area contributed by atoms with Crippen LogP contribution in [0.1, 0.15) is 49.4 Å². The number of nitrogens with zero attached hydrogens (tertiary/aromatic N) is 2. The summed E-state index contributed by atoms with van der Waals surface area (Å²) in [6.07, 6.45) is 4.88. The second-order valence-electron chi connectivity index (χ2n) is 9.09. The van der Waals surface area contributed by atoms with Crippen molar-refractivity contribution in [3.05, 3.63) is 22.7 Å². The Morgan fingerprint density at radius 3 is 2.61 bits per heavy atom. The first-order chi connectivity index (χ1) is 15.8. The van der Waals surface area contributed by atoms with Crippen LogP contribution in [-0.4, -0.2) is 80.7 Å². The minimum absolute atomic E-state index is 0.0178. The third kappa shape index (κ3) is 6.52. The molecule has 2 saturated heterocycles. The van der Waals surface area contributed by atoms with E-state index in [-0.39, 0.29) is 29.9 Å². The third-order valence-electron chi connectivity index (χ3n) is 6.79. The lowest BCUT2D eigenvalue weighted by atomic mass is 9.99. The summed E-state index contributed by atoms with van der Waals surface area (Å²) in [6, 6.07) is 2.95. The molecule has 2 aliphatic rings. The summed E-state index contributed by atoms with van der Waals surface area (Å²) in [6.45, 7) is 6.18. The van der Waals surface area contributed by atoms with Gasteiger partial charge < -0.3 is 30.3 Å². The molecule has 0 aromatic heterocycles. The molecular formula is C24H37ClN4O4. The van der Waals surface area contributed by atoms with Crippen LogP contribution in [0.5, 0.6) is 5.75 Å². The van der Waals surface area contributed by atoms with E-state index in [4.69, 9.17) is 26.8 Å².